The molecule has 2 rings (SSSR count). The Labute approximate surface area is 94.2 Å². The topological polar surface area (TPSA) is 39.4 Å². The zero-order chi connectivity index (χ0) is 11.2. The van der Waals surface area contributed by atoms with Crippen LogP contribution in [0.3, 0.4) is 0 Å². The number of hydrogen-bond acceptors (Lipinski definition) is 3. The van der Waals surface area contributed by atoms with E-state index in [0.717, 1.165) is 11.4 Å². The second-order valence-corrected chi connectivity index (χ2v) is 3.39. The van der Waals surface area contributed by atoms with Crippen molar-refractivity contribution in [2.24, 2.45) is 12.2 Å². The first-order chi connectivity index (χ1) is 7.86. The van der Waals surface area contributed by atoms with Gasteiger partial charge in [0.2, 0.25) is 0 Å². The van der Waals surface area contributed by atoms with Crippen LogP contribution in [0, 0.1) is 0 Å². The van der Waals surface area contributed by atoms with E-state index >= 15 is 0 Å². The summed E-state index contributed by atoms with van der Waals surface area (Å²) in [5.41, 5.74) is 1.10. The van der Waals surface area contributed by atoms with Crippen molar-refractivity contribution in [3.63, 3.8) is 0 Å². The largest absolute Gasteiger partial charge is 0.391 e. The highest BCUT2D eigenvalue weighted by atomic mass is 16.6. The van der Waals surface area contributed by atoms with Crippen molar-refractivity contribution in [3.8, 4) is 0 Å². The number of aromatic nitrogens is 2. The fraction of sp³-hybridized carbons (Fsp3) is 0.167. The van der Waals surface area contributed by atoms with E-state index in [1.165, 1.54) is 0 Å². The van der Waals surface area contributed by atoms with E-state index in [1.54, 1.807) is 12.4 Å². The summed E-state index contributed by atoms with van der Waals surface area (Å²) in [7, 11) is 1.91. The summed E-state index contributed by atoms with van der Waals surface area (Å²) in [5.74, 6) is 0.771. The van der Waals surface area contributed by atoms with Crippen LogP contribution in [0.4, 0.5) is 0 Å². The van der Waals surface area contributed by atoms with Gasteiger partial charge in [0.1, 0.15) is 12.8 Å². The predicted molar refractivity (Wildman–Crippen MR) is 62.0 cm³/mol. The third kappa shape index (κ3) is 2.70. The predicted octanol–water partition coefficient (Wildman–Crippen LogP) is 1.97. The lowest BCUT2D eigenvalue weighted by molar-refractivity contribution is 0.132. The molecule has 0 aliphatic rings. The third-order valence-electron chi connectivity index (χ3n) is 2.18. The lowest BCUT2D eigenvalue weighted by Gasteiger charge is -1.98. The average Bonchev–Trinajstić information content (AvgIpc) is 2.72. The fourth-order valence-electron chi connectivity index (χ4n) is 1.27. The number of imidazole rings is 1. The van der Waals surface area contributed by atoms with Gasteiger partial charge in [-0.3, -0.25) is 0 Å². The highest BCUT2D eigenvalue weighted by Gasteiger charge is 1.93. The summed E-state index contributed by atoms with van der Waals surface area (Å²) in [6.07, 6.45) is 5.18. The van der Waals surface area contributed by atoms with Gasteiger partial charge >= 0.3 is 0 Å². The van der Waals surface area contributed by atoms with Crippen molar-refractivity contribution in [3.05, 3.63) is 54.1 Å². The van der Waals surface area contributed by atoms with Crippen molar-refractivity contribution < 1.29 is 4.84 Å². The highest BCUT2D eigenvalue weighted by Crippen LogP contribution is 2.00. The number of rotatable bonds is 4. The van der Waals surface area contributed by atoms with E-state index < -0.39 is 0 Å². The van der Waals surface area contributed by atoms with Crippen LogP contribution in [-0.4, -0.2) is 15.8 Å². The van der Waals surface area contributed by atoms with Crippen LogP contribution in [-0.2, 0) is 18.5 Å². The van der Waals surface area contributed by atoms with E-state index in [2.05, 4.69) is 10.1 Å². The van der Waals surface area contributed by atoms with Crippen LogP contribution in [0.5, 0.6) is 0 Å². The van der Waals surface area contributed by atoms with Gasteiger partial charge in [-0.15, -0.1) is 0 Å². The Morgan fingerprint density at radius 3 is 2.88 bits per heavy atom. The van der Waals surface area contributed by atoms with Crippen LogP contribution in [0.25, 0.3) is 0 Å². The van der Waals surface area contributed by atoms with E-state index in [4.69, 9.17) is 4.84 Å². The zero-order valence-electron chi connectivity index (χ0n) is 9.08. The molecule has 0 saturated heterocycles. The monoisotopic (exact) mass is 215 g/mol. The maximum Gasteiger partial charge on any atom is 0.154 e. The number of aryl methyl sites for hydroxylation is 1. The minimum absolute atomic E-state index is 0.474. The zero-order valence-corrected chi connectivity index (χ0v) is 9.08. The Morgan fingerprint density at radius 2 is 2.19 bits per heavy atom. The van der Waals surface area contributed by atoms with E-state index in [-0.39, 0.29) is 0 Å². The molecule has 0 bridgehead atoms. The average molecular weight is 215 g/mol. The van der Waals surface area contributed by atoms with Gasteiger partial charge in [-0.2, -0.15) is 0 Å². The Bertz CT molecular complexity index is 462. The summed E-state index contributed by atoms with van der Waals surface area (Å²) in [6.45, 7) is 0.474. The molecule has 0 atom stereocenters. The molecule has 1 heterocycles. The molecule has 0 N–H and O–H groups in total. The number of benzene rings is 1. The summed E-state index contributed by atoms with van der Waals surface area (Å²) in [4.78, 5) is 9.26. The van der Waals surface area contributed by atoms with Gasteiger partial charge in [0.05, 0.1) is 0 Å². The smallest absolute Gasteiger partial charge is 0.154 e. The third-order valence-corrected chi connectivity index (χ3v) is 2.18. The molecule has 0 radical (unpaired) electrons. The maximum absolute atomic E-state index is 5.16. The van der Waals surface area contributed by atoms with Crippen molar-refractivity contribution in [1.82, 2.24) is 9.55 Å². The first-order valence-corrected chi connectivity index (χ1v) is 5.03. The van der Waals surface area contributed by atoms with E-state index in [1.807, 2.05) is 48.1 Å². The SMILES string of the molecule is Cn1ccnc1/C=N/OCc1ccccc1. The molecular formula is C12H13N3O. The normalized spacial score (nSPS) is 10.8. The first-order valence-electron chi connectivity index (χ1n) is 5.03. The van der Waals surface area contributed by atoms with Gasteiger partial charge in [0, 0.05) is 19.4 Å². The molecule has 16 heavy (non-hydrogen) atoms. The number of oxime groups is 1. The standard InChI is InChI=1S/C12H13N3O/c1-15-8-7-13-12(15)9-14-16-10-11-5-3-2-4-6-11/h2-9H,10H2,1H3/b14-9+. The Morgan fingerprint density at radius 1 is 1.38 bits per heavy atom. The van der Waals surface area contributed by atoms with E-state index in [0.29, 0.717) is 6.61 Å². The summed E-state index contributed by atoms with van der Waals surface area (Å²) >= 11 is 0. The van der Waals surface area contributed by atoms with Crippen molar-refractivity contribution >= 4 is 6.21 Å². The minimum Gasteiger partial charge on any atom is -0.391 e. The van der Waals surface area contributed by atoms with Gasteiger partial charge in [-0.25, -0.2) is 4.98 Å². The lowest BCUT2D eigenvalue weighted by atomic mass is 10.2. The Hall–Kier alpha value is -2.10. The minimum atomic E-state index is 0.474. The van der Waals surface area contributed by atoms with Gasteiger partial charge in [0.15, 0.2) is 5.82 Å². The van der Waals surface area contributed by atoms with Gasteiger partial charge in [-0.05, 0) is 5.56 Å². The van der Waals surface area contributed by atoms with Crippen molar-refractivity contribution in [1.29, 1.82) is 0 Å². The molecule has 82 valence electrons. The summed E-state index contributed by atoms with van der Waals surface area (Å²) in [5, 5.41) is 3.86. The lowest BCUT2D eigenvalue weighted by Crippen LogP contribution is -1.95. The molecule has 1 aromatic heterocycles. The summed E-state index contributed by atoms with van der Waals surface area (Å²) < 4.78 is 1.87. The fourth-order valence-corrected chi connectivity index (χ4v) is 1.27. The number of hydrogen-bond donors (Lipinski definition) is 0. The Balaban J connectivity index is 1.85. The molecule has 0 fully saturated rings. The molecule has 0 aliphatic heterocycles. The molecule has 0 spiro atoms. The molecule has 2 aromatic rings. The van der Waals surface area contributed by atoms with Crippen LogP contribution in [0.2, 0.25) is 0 Å². The molecular weight excluding hydrogens is 202 g/mol. The summed E-state index contributed by atoms with van der Waals surface area (Å²) in [6, 6.07) is 9.91. The molecule has 0 saturated carbocycles. The second kappa shape index (κ2) is 5.11. The van der Waals surface area contributed by atoms with Crippen LogP contribution >= 0.6 is 0 Å². The van der Waals surface area contributed by atoms with Crippen LogP contribution in [0.1, 0.15) is 11.4 Å². The number of nitrogens with zero attached hydrogens (tertiary/aromatic N) is 3. The molecule has 0 amide bonds. The van der Waals surface area contributed by atoms with Crippen LogP contribution in [0.15, 0.2) is 47.9 Å². The molecule has 0 unspecified atom stereocenters. The van der Waals surface area contributed by atoms with Crippen LogP contribution < -0.4 is 0 Å². The molecule has 0 aliphatic carbocycles. The second-order valence-electron chi connectivity index (χ2n) is 3.39. The van der Waals surface area contributed by atoms with Gasteiger partial charge in [0.25, 0.3) is 0 Å². The first kappa shape index (κ1) is 10.4. The molecule has 1 aromatic carbocycles. The van der Waals surface area contributed by atoms with E-state index in [9.17, 15) is 0 Å². The van der Waals surface area contributed by atoms with Gasteiger partial charge < -0.3 is 9.40 Å². The van der Waals surface area contributed by atoms with Crippen molar-refractivity contribution in [2.45, 2.75) is 6.61 Å². The molecule has 4 heteroatoms. The van der Waals surface area contributed by atoms with Gasteiger partial charge in [-0.1, -0.05) is 35.5 Å². The van der Waals surface area contributed by atoms with Crippen molar-refractivity contribution in [2.75, 3.05) is 0 Å². The maximum atomic E-state index is 5.16. The molecule has 4 nitrogen and oxygen atoms in total. The Kier molecular flexibility index (Phi) is 3.33. The quantitative estimate of drug-likeness (QED) is 0.577. The highest BCUT2D eigenvalue weighted by molar-refractivity contribution is 5.74.